The Hall–Kier alpha value is -6.18. The summed E-state index contributed by atoms with van der Waals surface area (Å²) >= 11 is 0. The Morgan fingerprint density at radius 1 is 0.583 bits per heavy atom. The van der Waals surface area contributed by atoms with Crippen LogP contribution < -0.4 is 10.6 Å². The molecule has 0 aliphatic carbocycles. The molecule has 242 valence electrons. The van der Waals surface area contributed by atoms with E-state index in [1.807, 2.05) is 0 Å². The molecule has 2 atom stereocenters. The van der Waals surface area contributed by atoms with Gasteiger partial charge in [0.1, 0.15) is 23.3 Å². The molecule has 0 radical (unpaired) electrons. The van der Waals surface area contributed by atoms with Gasteiger partial charge in [0.05, 0.1) is 24.5 Å². The predicted molar refractivity (Wildman–Crippen MR) is 174 cm³/mol. The molecule has 14 nitrogen and oxygen atoms in total. The zero-order chi connectivity index (χ0) is 33.0. The molecule has 4 amide bonds. The maximum absolute atomic E-state index is 13.1. The Morgan fingerprint density at radius 2 is 0.979 bits per heavy atom. The quantitative estimate of drug-likeness (QED) is 0.192. The van der Waals surface area contributed by atoms with Gasteiger partial charge in [0.25, 0.3) is 23.6 Å². The Labute approximate surface area is 275 Å². The minimum absolute atomic E-state index is 0.0899. The molecule has 0 bridgehead atoms. The number of rotatable bonds is 8. The molecule has 4 N–H and O–H groups in total. The van der Waals surface area contributed by atoms with Crippen LogP contribution in [0.4, 0.5) is 11.6 Å². The number of nitrogens with one attached hydrogen (secondary N) is 4. The second-order valence-electron chi connectivity index (χ2n) is 11.6. The van der Waals surface area contributed by atoms with Crippen molar-refractivity contribution < 1.29 is 19.2 Å². The number of anilines is 2. The lowest BCUT2D eigenvalue weighted by molar-refractivity contribution is 0.0723. The maximum atomic E-state index is 13.1. The van der Waals surface area contributed by atoms with Crippen molar-refractivity contribution in [2.24, 2.45) is 0 Å². The van der Waals surface area contributed by atoms with Gasteiger partial charge in [-0.25, -0.2) is 9.97 Å². The molecule has 2 fully saturated rings. The van der Waals surface area contributed by atoms with Gasteiger partial charge >= 0.3 is 0 Å². The smallest absolute Gasteiger partial charge is 0.256 e. The average molecular weight is 645 g/mol. The van der Waals surface area contributed by atoms with Gasteiger partial charge in [-0.05, 0) is 74.2 Å². The van der Waals surface area contributed by atoms with Gasteiger partial charge in [-0.3, -0.25) is 29.1 Å². The number of pyridine rings is 2. The van der Waals surface area contributed by atoms with Gasteiger partial charge < -0.3 is 30.4 Å². The third-order valence-corrected chi connectivity index (χ3v) is 8.61. The van der Waals surface area contributed by atoms with Crippen LogP contribution in [0.3, 0.4) is 0 Å². The molecule has 14 heteroatoms. The maximum Gasteiger partial charge on any atom is 0.256 e. The van der Waals surface area contributed by atoms with Crippen LogP contribution in [0.25, 0.3) is 0 Å². The third kappa shape index (κ3) is 6.27. The van der Waals surface area contributed by atoms with E-state index >= 15 is 0 Å². The first-order chi connectivity index (χ1) is 23.4. The number of hydrogen-bond donors (Lipinski definition) is 4. The highest BCUT2D eigenvalue weighted by molar-refractivity contribution is 6.06. The lowest BCUT2D eigenvalue weighted by Gasteiger charge is -2.23. The van der Waals surface area contributed by atoms with E-state index < -0.39 is 0 Å². The number of likely N-dealkylation sites (tertiary alicyclic amines) is 2. The van der Waals surface area contributed by atoms with Crippen molar-refractivity contribution >= 4 is 35.3 Å². The van der Waals surface area contributed by atoms with Crippen molar-refractivity contribution in [2.45, 2.75) is 37.8 Å². The van der Waals surface area contributed by atoms with Gasteiger partial charge in [0, 0.05) is 60.1 Å². The Bertz CT molecular complexity index is 1800. The first kappa shape index (κ1) is 30.5. The van der Waals surface area contributed by atoms with E-state index in [4.69, 9.17) is 0 Å². The summed E-state index contributed by atoms with van der Waals surface area (Å²) in [5.74, 6) is 1.06. The molecule has 5 aromatic rings. The van der Waals surface area contributed by atoms with E-state index in [2.05, 4.69) is 40.5 Å². The monoisotopic (exact) mass is 644 g/mol. The minimum Gasteiger partial charge on any atom is -0.328 e. The highest BCUT2D eigenvalue weighted by atomic mass is 16.2. The number of imidazole rings is 2. The van der Waals surface area contributed by atoms with E-state index in [0.717, 1.165) is 25.7 Å². The zero-order valence-electron chi connectivity index (χ0n) is 25.8. The summed E-state index contributed by atoms with van der Waals surface area (Å²) in [4.78, 5) is 78.8. The fourth-order valence-electron chi connectivity index (χ4n) is 6.21. The van der Waals surface area contributed by atoms with Crippen LogP contribution in [0.2, 0.25) is 0 Å². The van der Waals surface area contributed by atoms with Crippen LogP contribution in [0, 0.1) is 0 Å². The number of amides is 4. The molecule has 2 saturated heterocycles. The molecule has 0 saturated carbocycles. The van der Waals surface area contributed by atoms with Gasteiger partial charge in [-0.15, -0.1) is 0 Å². The fourth-order valence-corrected chi connectivity index (χ4v) is 6.21. The van der Waals surface area contributed by atoms with Crippen molar-refractivity contribution in [3.63, 3.8) is 0 Å². The first-order valence-electron chi connectivity index (χ1n) is 15.7. The number of aromatic amines is 2. The largest absolute Gasteiger partial charge is 0.328 e. The van der Waals surface area contributed by atoms with Crippen molar-refractivity contribution in [1.82, 2.24) is 39.7 Å². The first-order valence-corrected chi connectivity index (χ1v) is 15.7. The number of nitrogens with zero attached hydrogens (tertiary/aromatic N) is 6. The molecule has 2 aliphatic heterocycles. The van der Waals surface area contributed by atoms with Gasteiger partial charge in [0.15, 0.2) is 0 Å². The topological polar surface area (TPSA) is 182 Å². The van der Waals surface area contributed by atoms with Crippen molar-refractivity contribution in [2.75, 3.05) is 23.7 Å². The van der Waals surface area contributed by atoms with Crippen molar-refractivity contribution in [3.05, 3.63) is 120 Å². The summed E-state index contributed by atoms with van der Waals surface area (Å²) in [5.41, 5.74) is 1.83. The fraction of sp³-hybridized carbons (Fsp3) is 0.235. The van der Waals surface area contributed by atoms with E-state index in [9.17, 15) is 19.2 Å². The standard InChI is InChI=1S/C34H32N10O4/c45-31(41-27-19-37-29(39-27)25-3-1-17-43(25)33(47)23-9-13-35-14-10-23)21-5-7-22(8-6-21)32(46)42-28-20-38-30(40-28)26-4-2-18-44(26)34(48)24-11-15-36-16-12-24/h5-16,19-20,25-26H,1-4,17-18H2,(H,37,39)(H,38,40)(H,41,45)(H,42,46)/t25-,26-/m1/s1. The lowest BCUT2D eigenvalue weighted by atomic mass is 10.1. The third-order valence-electron chi connectivity index (χ3n) is 8.61. The molecule has 4 aromatic heterocycles. The highest BCUT2D eigenvalue weighted by Gasteiger charge is 2.34. The van der Waals surface area contributed by atoms with Gasteiger partial charge in [-0.2, -0.15) is 0 Å². The van der Waals surface area contributed by atoms with Crippen LogP contribution in [-0.4, -0.2) is 76.4 Å². The Kier molecular flexibility index (Phi) is 8.43. The SMILES string of the molecule is O=C(Nc1cnc([C@H]2CCCN2C(=O)c2ccncc2)[nH]1)c1ccc(C(=O)Nc2cnc([C@H]3CCCN3C(=O)c3ccncc3)[nH]2)cc1. The highest BCUT2D eigenvalue weighted by Crippen LogP contribution is 2.33. The number of carbonyl (C=O) groups excluding carboxylic acids is 4. The van der Waals surface area contributed by atoms with E-state index in [1.165, 1.54) is 12.4 Å². The molecule has 48 heavy (non-hydrogen) atoms. The molecule has 0 spiro atoms. The molecule has 1 aromatic carbocycles. The summed E-state index contributed by atoms with van der Waals surface area (Å²) in [6.07, 6.45) is 12.6. The minimum atomic E-state index is -0.381. The van der Waals surface area contributed by atoms with Gasteiger partial charge in [0.2, 0.25) is 0 Å². The summed E-state index contributed by atoms with van der Waals surface area (Å²) in [5, 5.41) is 5.61. The van der Waals surface area contributed by atoms with Crippen LogP contribution in [0.15, 0.2) is 85.7 Å². The second kappa shape index (κ2) is 13.3. The summed E-state index contributed by atoms with van der Waals surface area (Å²) < 4.78 is 0. The number of H-pyrrole nitrogens is 2. The van der Waals surface area contributed by atoms with Gasteiger partial charge in [-0.1, -0.05) is 0 Å². The number of aromatic nitrogens is 6. The van der Waals surface area contributed by atoms with Crippen LogP contribution in [0.5, 0.6) is 0 Å². The molecular formula is C34H32N10O4. The molecule has 0 unspecified atom stereocenters. The Balaban J connectivity index is 0.949. The molecule has 6 heterocycles. The molecule has 2 aliphatic rings. The second-order valence-corrected chi connectivity index (χ2v) is 11.6. The Morgan fingerprint density at radius 3 is 1.38 bits per heavy atom. The lowest BCUT2D eigenvalue weighted by Crippen LogP contribution is -2.31. The average Bonchev–Trinajstić information content (AvgIpc) is 3.96. The number of benzene rings is 1. The van der Waals surface area contributed by atoms with Crippen molar-refractivity contribution in [1.29, 1.82) is 0 Å². The molecular weight excluding hydrogens is 612 g/mol. The van der Waals surface area contributed by atoms with Crippen molar-refractivity contribution in [3.8, 4) is 0 Å². The molecule has 7 rings (SSSR count). The van der Waals surface area contributed by atoms with E-state index in [1.54, 1.807) is 83.1 Å². The van der Waals surface area contributed by atoms with Crippen LogP contribution >= 0.6 is 0 Å². The van der Waals surface area contributed by atoms with Crippen LogP contribution in [0.1, 0.15) is 90.8 Å². The predicted octanol–water partition coefficient (Wildman–Crippen LogP) is 4.38. The summed E-state index contributed by atoms with van der Waals surface area (Å²) in [6, 6.07) is 12.5. The number of carbonyl (C=O) groups is 4. The normalized spacial score (nSPS) is 17.3. The summed E-state index contributed by atoms with van der Waals surface area (Å²) in [7, 11) is 0. The zero-order valence-corrected chi connectivity index (χ0v) is 25.8. The van der Waals surface area contributed by atoms with E-state index in [-0.39, 0.29) is 35.7 Å². The summed E-state index contributed by atoms with van der Waals surface area (Å²) in [6.45, 7) is 1.23. The van der Waals surface area contributed by atoms with E-state index in [0.29, 0.717) is 58.6 Å². The van der Waals surface area contributed by atoms with Crippen LogP contribution in [-0.2, 0) is 0 Å². The number of hydrogen-bond acceptors (Lipinski definition) is 8.